The number of hydrogen-bond acceptors (Lipinski definition) is 3. The molecule has 1 amide bonds. The van der Waals surface area contributed by atoms with Crippen LogP contribution < -0.4 is 0 Å². The lowest BCUT2D eigenvalue weighted by atomic mass is 10.1. The zero-order chi connectivity index (χ0) is 18.6. The van der Waals surface area contributed by atoms with Crippen molar-refractivity contribution in [1.82, 2.24) is 9.21 Å². The fourth-order valence-electron chi connectivity index (χ4n) is 2.90. The van der Waals surface area contributed by atoms with Crippen molar-refractivity contribution in [3.05, 3.63) is 29.8 Å². The summed E-state index contributed by atoms with van der Waals surface area (Å²) in [6, 6.07) is 6.79. The molecule has 0 saturated heterocycles. The largest absolute Gasteiger partial charge is 0.336 e. The summed E-state index contributed by atoms with van der Waals surface area (Å²) in [5.74, 6) is 0.475. The number of rotatable bonds is 9. The smallest absolute Gasteiger partial charge is 0.254 e. The number of carbonyl (C=O) groups is 1. The molecule has 0 aromatic heterocycles. The molecule has 0 N–H and O–H groups in total. The van der Waals surface area contributed by atoms with Gasteiger partial charge in [-0.3, -0.25) is 4.79 Å². The van der Waals surface area contributed by atoms with Crippen LogP contribution in [-0.2, 0) is 10.0 Å². The standard InChI is InChI=1S/C19H30N2O3S/c1-5-20(6-2)25(23,24)18-9-7-8-16(14-18)19(22)21(17-10-11-17)13-12-15(3)4/h7-9,14-15,17H,5-6,10-13H2,1-4H3. The first-order chi connectivity index (χ1) is 11.8. The zero-order valence-electron chi connectivity index (χ0n) is 15.7. The summed E-state index contributed by atoms with van der Waals surface area (Å²) >= 11 is 0. The Balaban J connectivity index is 2.26. The topological polar surface area (TPSA) is 57.7 Å². The summed E-state index contributed by atoms with van der Waals surface area (Å²) in [6.07, 6.45) is 3.04. The van der Waals surface area contributed by atoms with Crippen LogP contribution in [0, 0.1) is 5.92 Å². The van der Waals surface area contributed by atoms with Crippen LogP contribution in [0.5, 0.6) is 0 Å². The second-order valence-electron chi connectivity index (χ2n) is 7.03. The van der Waals surface area contributed by atoms with Crippen LogP contribution in [0.15, 0.2) is 29.2 Å². The average molecular weight is 367 g/mol. The predicted octanol–water partition coefficient (Wildman–Crippen LogP) is 3.37. The molecule has 2 rings (SSSR count). The monoisotopic (exact) mass is 366 g/mol. The van der Waals surface area contributed by atoms with E-state index >= 15 is 0 Å². The summed E-state index contributed by atoms with van der Waals surface area (Å²) in [6.45, 7) is 9.49. The molecular formula is C19H30N2O3S. The van der Waals surface area contributed by atoms with Crippen molar-refractivity contribution < 1.29 is 13.2 Å². The van der Waals surface area contributed by atoms with E-state index in [1.165, 1.54) is 10.4 Å². The van der Waals surface area contributed by atoms with E-state index < -0.39 is 10.0 Å². The van der Waals surface area contributed by atoms with Gasteiger partial charge < -0.3 is 4.90 Å². The van der Waals surface area contributed by atoms with Gasteiger partial charge in [0.05, 0.1) is 4.90 Å². The fourth-order valence-corrected chi connectivity index (χ4v) is 4.41. The number of sulfonamides is 1. The van der Waals surface area contributed by atoms with Crippen molar-refractivity contribution in [1.29, 1.82) is 0 Å². The lowest BCUT2D eigenvalue weighted by molar-refractivity contribution is 0.0735. The van der Waals surface area contributed by atoms with Gasteiger partial charge in [-0.15, -0.1) is 0 Å². The summed E-state index contributed by atoms with van der Waals surface area (Å²) in [4.78, 5) is 15.1. The van der Waals surface area contributed by atoms with Crippen LogP contribution in [0.25, 0.3) is 0 Å². The Labute approximate surface area is 152 Å². The quantitative estimate of drug-likeness (QED) is 0.673. The van der Waals surface area contributed by atoms with Crippen molar-refractivity contribution in [3.8, 4) is 0 Å². The third-order valence-electron chi connectivity index (χ3n) is 4.62. The molecule has 0 atom stereocenters. The van der Waals surface area contributed by atoms with Gasteiger partial charge in [0, 0.05) is 31.2 Å². The normalized spacial score (nSPS) is 15.0. The van der Waals surface area contributed by atoms with E-state index in [0.29, 0.717) is 30.6 Å². The van der Waals surface area contributed by atoms with Gasteiger partial charge >= 0.3 is 0 Å². The molecule has 0 aliphatic heterocycles. The second kappa shape index (κ2) is 8.32. The van der Waals surface area contributed by atoms with Crippen molar-refractivity contribution >= 4 is 15.9 Å². The number of amides is 1. The van der Waals surface area contributed by atoms with Gasteiger partial charge in [-0.25, -0.2) is 8.42 Å². The van der Waals surface area contributed by atoms with Crippen LogP contribution in [-0.4, -0.2) is 49.2 Å². The summed E-state index contributed by atoms with van der Waals surface area (Å²) in [5.41, 5.74) is 0.462. The Hall–Kier alpha value is -1.40. The van der Waals surface area contributed by atoms with E-state index in [2.05, 4.69) is 13.8 Å². The van der Waals surface area contributed by atoms with Gasteiger partial charge in [-0.1, -0.05) is 33.8 Å². The van der Waals surface area contributed by atoms with Gasteiger partial charge in [-0.05, 0) is 43.4 Å². The summed E-state index contributed by atoms with van der Waals surface area (Å²) in [7, 11) is -3.55. The van der Waals surface area contributed by atoms with E-state index in [-0.39, 0.29) is 10.8 Å². The molecule has 0 heterocycles. The van der Waals surface area contributed by atoms with E-state index in [1.807, 2.05) is 18.7 Å². The number of nitrogens with zero attached hydrogens (tertiary/aromatic N) is 2. The molecule has 0 spiro atoms. The molecule has 1 aliphatic carbocycles. The van der Waals surface area contributed by atoms with Crippen LogP contribution in [0.3, 0.4) is 0 Å². The molecule has 1 aromatic carbocycles. The third kappa shape index (κ3) is 4.82. The van der Waals surface area contributed by atoms with Gasteiger partial charge in [0.15, 0.2) is 0 Å². The fraction of sp³-hybridized carbons (Fsp3) is 0.632. The maximum Gasteiger partial charge on any atom is 0.254 e. The number of benzene rings is 1. The summed E-state index contributed by atoms with van der Waals surface area (Å²) < 4.78 is 26.8. The average Bonchev–Trinajstić information content (AvgIpc) is 3.40. The minimum absolute atomic E-state index is 0.0558. The SMILES string of the molecule is CCN(CC)S(=O)(=O)c1cccc(C(=O)N(CCC(C)C)C2CC2)c1. The molecule has 0 radical (unpaired) electrons. The highest BCUT2D eigenvalue weighted by Crippen LogP contribution is 2.29. The van der Waals surface area contributed by atoms with E-state index in [1.54, 1.807) is 18.2 Å². The first kappa shape index (κ1) is 19.9. The first-order valence-electron chi connectivity index (χ1n) is 9.22. The highest BCUT2D eigenvalue weighted by Gasteiger charge is 2.33. The van der Waals surface area contributed by atoms with Crippen molar-refractivity contribution in [3.63, 3.8) is 0 Å². The van der Waals surface area contributed by atoms with E-state index in [0.717, 1.165) is 25.8 Å². The van der Waals surface area contributed by atoms with Crippen molar-refractivity contribution in [2.45, 2.75) is 57.9 Å². The molecule has 25 heavy (non-hydrogen) atoms. The van der Waals surface area contributed by atoms with Crippen LogP contribution in [0.2, 0.25) is 0 Å². The van der Waals surface area contributed by atoms with Gasteiger partial charge in [0.2, 0.25) is 10.0 Å². The highest BCUT2D eigenvalue weighted by molar-refractivity contribution is 7.89. The Morgan fingerprint density at radius 3 is 2.36 bits per heavy atom. The second-order valence-corrected chi connectivity index (χ2v) is 8.97. The maximum absolute atomic E-state index is 12.9. The number of carbonyl (C=O) groups excluding carboxylic acids is 1. The Kier molecular flexibility index (Phi) is 6.63. The first-order valence-corrected chi connectivity index (χ1v) is 10.7. The van der Waals surface area contributed by atoms with Crippen LogP contribution in [0.1, 0.15) is 57.3 Å². The minimum atomic E-state index is -3.55. The van der Waals surface area contributed by atoms with Gasteiger partial charge in [-0.2, -0.15) is 4.31 Å². The Bertz CT molecular complexity index is 692. The molecule has 5 nitrogen and oxygen atoms in total. The Morgan fingerprint density at radius 2 is 1.84 bits per heavy atom. The van der Waals surface area contributed by atoms with Gasteiger partial charge in [0.1, 0.15) is 0 Å². The molecule has 1 saturated carbocycles. The summed E-state index contributed by atoms with van der Waals surface area (Å²) in [5, 5.41) is 0. The molecule has 6 heteroatoms. The van der Waals surface area contributed by atoms with Gasteiger partial charge in [0.25, 0.3) is 5.91 Å². The lowest BCUT2D eigenvalue weighted by Gasteiger charge is -2.24. The van der Waals surface area contributed by atoms with E-state index in [9.17, 15) is 13.2 Å². The predicted molar refractivity (Wildman–Crippen MR) is 100 cm³/mol. The molecule has 1 aromatic rings. The highest BCUT2D eigenvalue weighted by atomic mass is 32.2. The molecule has 1 fully saturated rings. The van der Waals surface area contributed by atoms with Crippen LogP contribution in [0.4, 0.5) is 0 Å². The molecule has 0 bridgehead atoms. The zero-order valence-corrected chi connectivity index (χ0v) is 16.6. The number of hydrogen-bond donors (Lipinski definition) is 0. The van der Waals surface area contributed by atoms with E-state index in [4.69, 9.17) is 0 Å². The van der Waals surface area contributed by atoms with Crippen molar-refractivity contribution in [2.75, 3.05) is 19.6 Å². The van der Waals surface area contributed by atoms with Crippen molar-refractivity contribution in [2.24, 2.45) is 5.92 Å². The molecular weight excluding hydrogens is 336 g/mol. The minimum Gasteiger partial charge on any atom is -0.336 e. The maximum atomic E-state index is 12.9. The van der Waals surface area contributed by atoms with Crippen LogP contribution >= 0.6 is 0 Å². The molecule has 1 aliphatic rings. The molecule has 140 valence electrons. The lowest BCUT2D eigenvalue weighted by Crippen LogP contribution is -2.35. The Morgan fingerprint density at radius 1 is 1.20 bits per heavy atom. The molecule has 0 unspecified atom stereocenters. The third-order valence-corrected chi connectivity index (χ3v) is 6.67.